The first-order valence-electron chi connectivity index (χ1n) is 4.18. The van der Waals surface area contributed by atoms with Crippen molar-refractivity contribution >= 4 is 17.6 Å². The smallest absolute Gasteiger partial charge is 0.165 e. The van der Waals surface area contributed by atoms with Crippen molar-refractivity contribution in [3.63, 3.8) is 0 Å². The fraction of sp³-hybridized carbons (Fsp3) is 0.111. The van der Waals surface area contributed by atoms with Crippen LogP contribution in [0.1, 0.15) is 5.69 Å². The molecule has 0 saturated heterocycles. The number of nitrogens with one attached hydrogen (secondary N) is 1. The molecule has 0 aliphatic heterocycles. The molecule has 0 aliphatic rings. The molecule has 0 fully saturated rings. The minimum Gasteiger partial charge on any atom is -0.384 e. The number of rotatable bonds is 3. The molecule has 3 N–H and O–H groups in total. The lowest BCUT2D eigenvalue weighted by molar-refractivity contribution is 1.05. The number of nitrogens with two attached hydrogens (primary N) is 1. The van der Waals surface area contributed by atoms with Crippen molar-refractivity contribution in [2.24, 2.45) is 0 Å². The molecule has 0 atom stereocenters. The molecule has 14 heavy (non-hydrogen) atoms. The van der Waals surface area contributed by atoms with E-state index in [1.807, 2.05) is 12.1 Å². The third-order valence-corrected chi connectivity index (χ3v) is 2.60. The predicted octanol–water partition coefficient (Wildman–Crippen LogP) is 1.68. The molecule has 0 bridgehead atoms. The van der Waals surface area contributed by atoms with Crippen molar-refractivity contribution in [3.8, 4) is 0 Å². The van der Waals surface area contributed by atoms with Crippen LogP contribution in [0.4, 0.5) is 5.82 Å². The number of aromatic nitrogens is 3. The summed E-state index contributed by atoms with van der Waals surface area (Å²) in [5.41, 5.74) is 6.53. The van der Waals surface area contributed by atoms with Crippen LogP contribution in [-0.2, 0) is 5.75 Å². The lowest BCUT2D eigenvalue weighted by Crippen LogP contribution is -1.93. The van der Waals surface area contributed by atoms with Gasteiger partial charge in [-0.3, -0.25) is 0 Å². The highest BCUT2D eigenvalue weighted by atomic mass is 32.2. The van der Waals surface area contributed by atoms with Gasteiger partial charge in [0.05, 0.1) is 5.69 Å². The van der Waals surface area contributed by atoms with Crippen LogP contribution in [0.25, 0.3) is 0 Å². The van der Waals surface area contributed by atoms with E-state index in [1.165, 1.54) is 0 Å². The Morgan fingerprint density at radius 2 is 2.36 bits per heavy atom. The minimum atomic E-state index is 0.558. The molecule has 2 aromatic rings. The van der Waals surface area contributed by atoms with Crippen molar-refractivity contribution in [1.29, 1.82) is 0 Å². The Labute approximate surface area is 86.0 Å². The van der Waals surface area contributed by atoms with Gasteiger partial charge in [-0.1, -0.05) is 17.8 Å². The number of nitrogen functional groups attached to an aromatic ring is 1. The molecule has 0 radical (unpaired) electrons. The first kappa shape index (κ1) is 9.08. The number of imidazole rings is 1. The number of hydrogen-bond donors (Lipinski definition) is 2. The largest absolute Gasteiger partial charge is 0.384 e. The summed E-state index contributed by atoms with van der Waals surface area (Å²) >= 11 is 1.60. The van der Waals surface area contributed by atoms with Gasteiger partial charge in [-0.05, 0) is 12.1 Å². The quantitative estimate of drug-likeness (QED) is 0.750. The van der Waals surface area contributed by atoms with Crippen molar-refractivity contribution in [3.05, 3.63) is 36.3 Å². The summed E-state index contributed by atoms with van der Waals surface area (Å²) in [5, 5.41) is 0.897. The molecule has 0 aliphatic carbocycles. The number of pyridine rings is 1. The maximum Gasteiger partial charge on any atom is 0.165 e. The molecule has 5 heteroatoms. The van der Waals surface area contributed by atoms with Crippen LogP contribution in [-0.4, -0.2) is 15.0 Å². The van der Waals surface area contributed by atoms with Gasteiger partial charge in [0, 0.05) is 18.1 Å². The number of nitrogens with zero attached hydrogens (tertiary/aromatic N) is 2. The highest BCUT2D eigenvalue weighted by molar-refractivity contribution is 7.98. The molecule has 0 saturated carbocycles. The van der Waals surface area contributed by atoms with Gasteiger partial charge in [0.1, 0.15) is 5.82 Å². The lowest BCUT2D eigenvalue weighted by Gasteiger charge is -1.99. The Bertz CT molecular complexity index is 399. The van der Waals surface area contributed by atoms with Crippen molar-refractivity contribution in [2.75, 3.05) is 5.73 Å². The second kappa shape index (κ2) is 4.15. The van der Waals surface area contributed by atoms with E-state index in [0.717, 1.165) is 16.6 Å². The fourth-order valence-corrected chi connectivity index (χ4v) is 1.78. The molecular weight excluding hydrogens is 196 g/mol. The van der Waals surface area contributed by atoms with Crippen molar-refractivity contribution < 1.29 is 0 Å². The predicted molar refractivity (Wildman–Crippen MR) is 56.8 cm³/mol. The average molecular weight is 206 g/mol. The summed E-state index contributed by atoms with van der Waals surface area (Å²) in [6, 6.07) is 5.63. The number of aromatic amines is 1. The molecule has 0 unspecified atom stereocenters. The average Bonchev–Trinajstić information content (AvgIpc) is 2.67. The zero-order chi connectivity index (χ0) is 9.80. The van der Waals surface area contributed by atoms with Crippen LogP contribution in [0.5, 0.6) is 0 Å². The van der Waals surface area contributed by atoms with Crippen LogP contribution < -0.4 is 5.73 Å². The van der Waals surface area contributed by atoms with E-state index in [4.69, 9.17) is 5.73 Å². The molecule has 4 nitrogen and oxygen atoms in total. The van der Waals surface area contributed by atoms with Gasteiger partial charge in [-0.15, -0.1) is 0 Å². The van der Waals surface area contributed by atoms with E-state index < -0.39 is 0 Å². The summed E-state index contributed by atoms with van der Waals surface area (Å²) in [6.07, 6.45) is 3.53. The minimum absolute atomic E-state index is 0.558. The van der Waals surface area contributed by atoms with E-state index in [0.29, 0.717) is 5.82 Å². The Morgan fingerprint density at radius 1 is 1.43 bits per heavy atom. The van der Waals surface area contributed by atoms with Gasteiger partial charge in [-0.2, -0.15) is 0 Å². The number of anilines is 1. The first-order chi connectivity index (χ1) is 6.84. The topological polar surface area (TPSA) is 67.6 Å². The van der Waals surface area contributed by atoms with E-state index >= 15 is 0 Å². The summed E-state index contributed by atoms with van der Waals surface area (Å²) in [4.78, 5) is 11.3. The first-order valence-corrected chi connectivity index (χ1v) is 5.17. The Hall–Kier alpha value is -1.49. The van der Waals surface area contributed by atoms with Gasteiger partial charge in [0.2, 0.25) is 0 Å². The number of thioether (sulfide) groups is 1. The molecule has 0 aromatic carbocycles. The van der Waals surface area contributed by atoms with Crippen LogP contribution in [0.3, 0.4) is 0 Å². The zero-order valence-corrected chi connectivity index (χ0v) is 8.29. The summed E-state index contributed by atoms with van der Waals surface area (Å²) in [5.74, 6) is 1.33. The molecule has 2 rings (SSSR count). The highest BCUT2D eigenvalue weighted by Gasteiger charge is 1.98. The third-order valence-electron chi connectivity index (χ3n) is 1.66. The molecule has 2 aromatic heterocycles. The maximum absolute atomic E-state index is 5.56. The fourth-order valence-electron chi connectivity index (χ4n) is 1.05. The van der Waals surface area contributed by atoms with E-state index in [1.54, 1.807) is 30.2 Å². The highest BCUT2D eigenvalue weighted by Crippen LogP contribution is 2.17. The van der Waals surface area contributed by atoms with Gasteiger partial charge >= 0.3 is 0 Å². The molecule has 0 amide bonds. The van der Waals surface area contributed by atoms with Gasteiger partial charge in [0.15, 0.2) is 5.16 Å². The Morgan fingerprint density at radius 3 is 3.07 bits per heavy atom. The van der Waals surface area contributed by atoms with Crippen LogP contribution >= 0.6 is 11.8 Å². The Balaban J connectivity index is 1.98. The van der Waals surface area contributed by atoms with Crippen LogP contribution in [0.2, 0.25) is 0 Å². The second-order valence-electron chi connectivity index (χ2n) is 2.74. The van der Waals surface area contributed by atoms with E-state index in [2.05, 4.69) is 15.0 Å². The molecule has 72 valence electrons. The SMILES string of the molecule is Nc1cccc(CSc2ncc[nH]2)n1. The summed E-state index contributed by atoms with van der Waals surface area (Å²) < 4.78 is 0. The Kier molecular flexibility index (Phi) is 2.69. The monoisotopic (exact) mass is 206 g/mol. The second-order valence-corrected chi connectivity index (χ2v) is 3.70. The van der Waals surface area contributed by atoms with Crippen molar-refractivity contribution in [1.82, 2.24) is 15.0 Å². The van der Waals surface area contributed by atoms with Gasteiger partial charge < -0.3 is 10.7 Å². The van der Waals surface area contributed by atoms with Crippen LogP contribution in [0, 0.1) is 0 Å². The molecular formula is C9H10N4S. The van der Waals surface area contributed by atoms with Crippen molar-refractivity contribution in [2.45, 2.75) is 10.9 Å². The van der Waals surface area contributed by atoms with Crippen LogP contribution in [0.15, 0.2) is 35.7 Å². The zero-order valence-electron chi connectivity index (χ0n) is 7.47. The standard InChI is InChI=1S/C9H10N4S/c10-8-3-1-2-7(13-8)6-14-9-11-4-5-12-9/h1-5H,6H2,(H2,10,13)(H,11,12). The van der Waals surface area contributed by atoms with Gasteiger partial charge in [-0.25, -0.2) is 9.97 Å². The lowest BCUT2D eigenvalue weighted by atomic mass is 10.4. The third kappa shape index (κ3) is 2.26. The van der Waals surface area contributed by atoms with E-state index in [-0.39, 0.29) is 0 Å². The number of H-pyrrole nitrogens is 1. The number of hydrogen-bond acceptors (Lipinski definition) is 4. The molecule has 0 spiro atoms. The molecule has 2 heterocycles. The summed E-state index contributed by atoms with van der Waals surface area (Å²) in [6.45, 7) is 0. The van der Waals surface area contributed by atoms with E-state index in [9.17, 15) is 0 Å². The normalized spacial score (nSPS) is 10.3. The summed E-state index contributed by atoms with van der Waals surface area (Å²) in [7, 11) is 0. The van der Waals surface area contributed by atoms with Gasteiger partial charge in [0.25, 0.3) is 0 Å². The maximum atomic E-state index is 5.56.